The Morgan fingerprint density at radius 1 is 1.41 bits per heavy atom. The standard InChI is InChI=1S/C12H22N4O/c1-9(2)16(12-14-10(3)15-17-12)8-11-4-6-13-7-5-11/h9,11,13H,4-8H2,1-3H3. The summed E-state index contributed by atoms with van der Waals surface area (Å²) in [7, 11) is 0. The number of hydrogen-bond donors (Lipinski definition) is 1. The van der Waals surface area contributed by atoms with Crippen molar-refractivity contribution in [1.82, 2.24) is 15.5 Å². The first kappa shape index (κ1) is 12.4. The number of rotatable bonds is 4. The van der Waals surface area contributed by atoms with Gasteiger partial charge in [-0.2, -0.15) is 4.98 Å². The summed E-state index contributed by atoms with van der Waals surface area (Å²) >= 11 is 0. The van der Waals surface area contributed by atoms with Crippen molar-refractivity contribution in [2.75, 3.05) is 24.5 Å². The van der Waals surface area contributed by atoms with Crippen LogP contribution in [0.25, 0.3) is 0 Å². The molecule has 1 N–H and O–H groups in total. The van der Waals surface area contributed by atoms with Crippen LogP contribution in [0.1, 0.15) is 32.5 Å². The Bertz CT molecular complexity index is 344. The smallest absolute Gasteiger partial charge is 0.322 e. The van der Waals surface area contributed by atoms with Crippen LogP contribution in [-0.2, 0) is 0 Å². The Labute approximate surface area is 103 Å². The van der Waals surface area contributed by atoms with Gasteiger partial charge in [-0.1, -0.05) is 5.16 Å². The number of anilines is 1. The van der Waals surface area contributed by atoms with E-state index >= 15 is 0 Å². The van der Waals surface area contributed by atoms with Crippen LogP contribution < -0.4 is 10.2 Å². The van der Waals surface area contributed by atoms with Crippen LogP contribution in [0.15, 0.2) is 4.52 Å². The molecule has 1 fully saturated rings. The molecule has 1 aliphatic heterocycles. The predicted molar refractivity (Wildman–Crippen MR) is 67.1 cm³/mol. The molecule has 0 spiro atoms. The third-order valence-electron chi connectivity index (χ3n) is 3.30. The highest BCUT2D eigenvalue weighted by molar-refractivity contribution is 5.26. The van der Waals surface area contributed by atoms with E-state index in [1.807, 2.05) is 6.92 Å². The fraction of sp³-hybridized carbons (Fsp3) is 0.833. The molecule has 1 aliphatic rings. The summed E-state index contributed by atoms with van der Waals surface area (Å²) in [6.07, 6.45) is 2.46. The van der Waals surface area contributed by atoms with E-state index in [0.717, 1.165) is 25.6 Å². The molecule has 17 heavy (non-hydrogen) atoms. The average molecular weight is 238 g/mol. The maximum Gasteiger partial charge on any atom is 0.324 e. The number of nitrogens with zero attached hydrogens (tertiary/aromatic N) is 3. The average Bonchev–Trinajstić information content (AvgIpc) is 2.73. The van der Waals surface area contributed by atoms with E-state index < -0.39 is 0 Å². The van der Waals surface area contributed by atoms with Crippen molar-refractivity contribution in [1.29, 1.82) is 0 Å². The van der Waals surface area contributed by atoms with Crippen molar-refractivity contribution in [2.45, 2.75) is 39.7 Å². The first-order valence-corrected chi connectivity index (χ1v) is 6.44. The van der Waals surface area contributed by atoms with E-state index in [-0.39, 0.29) is 0 Å². The Kier molecular flexibility index (Phi) is 3.99. The molecule has 96 valence electrons. The van der Waals surface area contributed by atoms with Crippen LogP contribution in [0.2, 0.25) is 0 Å². The Morgan fingerprint density at radius 2 is 2.12 bits per heavy atom. The molecule has 0 aromatic carbocycles. The van der Waals surface area contributed by atoms with Crippen LogP contribution in [-0.4, -0.2) is 35.8 Å². The van der Waals surface area contributed by atoms with Crippen LogP contribution in [0.4, 0.5) is 6.01 Å². The molecule has 1 saturated heterocycles. The van der Waals surface area contributed by atoms with Gasteiger partial charge in [0.25, 0.3) is 0 Å². The van der Waals surface area contributed by atoms with E-state index in [4.69, 9.17) is 4.52 Å². The summed E-state index contributed by atoms with van der Waals surface area (Å²) < 4.78 is 5.28. The van der Waals surface area contributed by atoms with Gasteiger partial charge < -0.3 is 14.7 Å². The number of hydrogen-bond acceptors (Lipinski definition) is 5. The summed E-state index contributed by atoms with van der Waals surface area (Å²) in [4.78, 5) is 6.55. The Balaban J connectivity index is 2.01. The van der Waals surface area contributed by atoms with Crippen molar-refractivity contribution in [2.24, 2.45) is 5.92 Å². The molecule has 0 bridgehead atoms. The van der Waals surface area contributed by atoms with E-state index in [0.29, 0.717) is 17.9 Å². The lowest BCUT2D eigenvalue weighted by Crippen LogP contribution is -2.39. The van der Waals surface area contributed by atoms with E-state index in [2.05, 4.69) is 34.2 Å². The molecule has 1 aromatic rings. The molecule has 0 aliphatic carbocycles. The molecule has 2 rings (SSSR count). The second kappa shape index (κ2) is 5.49. The van der Waals surface area contributed by atoms with Gasteiger partial charge in [-0.3, -0.25) is 0 Å². The zero-order chi connectivity index (χ0) is 12.3. The van der Waals surface area contributed by atoms with Gasteiger partial charge in [0, 0.05) is 12.6 Å². The molecule has 0 amide bonds. The van der Waals surface area contributed by atoms with Crippen molar-refractivity contribution in [3.05, 3.63) is 5.82 Å². The van der Waals surface area contributed by atoms with Gasteiger partial charge in [0.15, 0.2) is 5.82 Å². The maximum atomic E-state index is 5.28. The topological polar surface area (TPSA) is 54.2 Å². The lowest BCUT2D eigenvalue weighted by atomic mass is 9.97. The highest BCUT2D eigenvalue weighted by Gasteiger charge is 2.22. The van der Waals surface area contributed by atoms with E-state index in [1.54, 1.807) is 0 Å². The SMILES string of the molecule is Cc1noc(N(CC2CCNCC2)C(C)C)n1. The predicted octanol–water partition coefficient (Wildman–Crippen LogP) is 1.59. The third kappa shape index (κ3) is 3.19. The fourth-order valence-electron chi connectivity index (χ4n) is 2.26. The third-order valence-corrected chi connectivity index (χ3v) is 3.30. The zero-order valence-corrected chi connectivity index (χ0v) is 10.9. The summed E-state index contributed by atoms with van der Waals surface area (Å²) in [5.41, 5.74) is 0. The lowest BCUT2D eigenvalue weighted by molar-refractivity contribution is 0.345. The number of aryl methyl sites for hydroxylation is 1. The summed E-state index contributed by atoms with van der Waals surface area (Å²) in [5.74, 6) is 1.43. The number of nitrogens with one attached hydrogen (secondary N) is 1. The molecular weight excluding hydrogens is 216 g/mol. The van der Waals surface area contributed by atoms with Crippen LogP contribution in [0.3, 0.4) is 0 Å². The van der Waals surface area contributed by atoms with Gasteiger partial charge in [-0.05, 0) is 52.6 Å². The summed E-state index contributed by atoms with van der Waals surface area (Å²) in [6, 6.07) is 1.06. The molecule has 0 saturated carbocycles. The number of piperidine rings is 1. The van der Waals surface area contributed by atoms with Crippen LogP contribution in [0.5, 0.6) is 0 Å². The van der Waals surface area contributed by atoms with Gasteiger partial charge in [0.2, 0.25) is 0 Å². The van der Waals surface area contributed by atoms with Gasteiger partial charge >= 0.3 is 6.01 Å². The quantitative estimate of drug-likeness (QED) is 0.863. The normalized spacial score (nSPS) is 17.6. The Hall–Kier alpha value is -1.10. The fourth-order valence-corrected chi connectivity index (χ4v) is 2.26. The van der Waals surface area contributed by atoms with Crippen molar-refractivity contribution < 1.29 is 4.52 Å². The Morgan fingerprint density at radius 3 is 2.65 bits per heavy atom. The first-order valence-electron chi connectivity index (χ1n) is 6.44. The molecule has 0 atom stereocenters. The van der Waals surface area contributed by atoms with Gasteiger partial charge in [0.05, 0.1) is 0 Å². The van der Waals surface area contributed by atoms with Crippen LogP contribution >= 0.6 is 0 Å². The summed E-state index contributed by atoms with van der Waals surface area (Å²) in [5, 5.41) is 7.26. The summed E-state index contributed by atoms with van der Waals surface area (Å²) in [6.45, 7) is 9.46. The van der Waals surface area contributed by atoms with Gasteiger partial charge in [-0.15, -0.1) is 0 Å². The van der Waals surface area contributed by atoms with Gasteiger partial charge in [-0.25, -0.2) is 0 Å². The second-order valence-electron chi connectivity index (χ2n) is 5.06. The number of aromatic nitrogens is 2. The minimum Gasteiger partial charge on any atom is -0.322 e. The molecular formula is C12H22N4O. The van der Waals surface area contributed by atoms with E-state index in [9.17, 15) is 0 Å². The lowest BCUT2D eigenvalue weighted by Gasteiger charge is -2.31. The monoisotopic (exact) mass is 238 g/mol. The molecule has 5 nitrogen and oxygen atoms in total. The molecule has 0 unspecified atom stereocenters. The first-order chi connectivity index (χ1) is 8.16. The minimum atomic E-state index is 0.393. The second-order valence-corrected chi connectivity index (χ2v) is 5.06. The molecule has 1 aromatic heterocycles. The zero-order valence-electron chi connectivity index (χ0n) is 10.9. The van der Waals surface area contributed by atoms with Crippen LogP contribution in [0, 0.1) is 12.8 Å². The van der Waals surface area contributed by atoms with E-state index in [1.165, 1.54) is 12.8 Å². The van der Waals surface area contributed by atoms with Crippen molar-refractivity contribution in [3.63, 3.8) is 0 Å². The largest absolute Gasteiger partial charge is 0.324 e. The maximum absolute atomic E-state index is 5.28. The van der Waals surface area contributed by atoms with Crippen molar-refractivity contribution in [3.8, 4) is 0 Å². The van der Waals surface area contributed by atoms with Crippen molar-refractivity contribution >= 4 is 6.01 Å². The minimum absolute atomic E-state index is 0.393. The highest BCUT2D eigenvalue weighted by atomic mass is 16.5. The van der Waals surface area contributed by atoms with Gasteiger partial charge in [0.1, 0.15) is 0 Å². The molecule has 2 heterocycles. The molecule has 5 heteroatoms. The highest BCUT2D eigenvalue weighted by Crippen LogP contribution is 2.20. The molecule has 0 radical (unpaired) electrons.